The van der Waals surface area contributed by atoms with Crippen LogP contribution in [0.1, 0.15) is 5.56 Å². The fourth-order valence-corrected chi connectivity index (χ4v) is 1.53. The van der Waals surface area contributed by atoms with E-state index < -0.39 is 37.2 Å². The van der Waals surface area contributed by atoms with Gasteiger partial charge in [0.1, 0.15) is 12.3 Å². The van der Waals surface area contributed by atoms with E-state index in [1.54, 1.807) is 29.6 Å². The lowest BCUT2D eigenvalue weighted by atomic mass is 10.2. The molecule has 1 aromatic rings. The first-order valence-corrected chi connectivity index (χ1v) is 6.83. The van der Waals surface area contributed by atoms with Gasteiger partial charge in [-0.2, -0.15) is 13.2 Å². The molecule has 0 unspecified atom stereocenters. The van der Waals surface area contributed by atoms with Crippen molar-refractivity contribution in [1.82, 2.24) is 10.6 Å². The molecule has 0 aliphatic heterocycles. The molecule has 136 valence electrons. The van der Waals surface area contributed by atoms with E-state index in [4.69, 9.17) is 4.74 Å². The van der Waals surface area contributed by atoms with E-state index >= 15 is 0 Å². The number of carbonyl (C=O) groups is 3. The van der Waals surface area contributed by atoms with Crippen molar-refractivity contribution in [2.24, 2.45) is 0 Å². The van der Waals surface area contributed by atoms with Gasteiger partial charge in [0.05, 0.1) is 7.11 Å². The molecule has 0 aromatic heterocycles. The molecule has 10 heteroatoms. The third-order valence-corrected chi connectivity index (χ3v) is 2.59. The molecule has 0 radical (unpaired) electrons. The van der Waals surface area contributed by atoms with Crippen LogP contribution in [-0.2, 0) is 14.3 Å². The molecule has 3 amide bonds. The number of nitrogens with one attached hydrogen (secondary N) is 2. The number of ether oxygens (including phenoxy) is 2. The van der Waals surface area contributed by atoms with Crippen molar-refractivity contribution in [3.63, 3.8) is 0 Å². The minimum atomic E-state index is -4.60. The zero-order valence-electron chi connectivity index (χ0n) is 13.1. The summed E-state index contributed by atoms with van der Waals surface area (Å²) < 4.78 is 45.3. The number of imide groups is 1. The summed E-state index contributed by atoms with van der Waals surface area (Å²) in [5.41, 5.74) is 0.595. The fraction of sp³-hybridized carbons (Fsp3) is 0.267. The Morgan fingerprint density at radius 2 is 1.88 bits per heavy atom. The molecular formula is C15H15F3N2O5. The average Bonchev–Trinajstić information content (AvgIpc) is 2.56. The summed E-state index contributed by atoms with van der Waals surface area (Å²) in [6.07, 6.45) is -2.17. The molecule has 1 aromatic carbocycles. The van der Waals surface area contributed by atoms with Gasteiger partial charge in [-0.15, -0.1) is 0 Å². The Labute approximate surface area is 140 Å². The quantitative estimate of drug-likeness (QED) is 0.594. The van der Waals surface area contributed by atoms with Crippen molar-refractivity contribution in [2.45, 2.75) is 6.18 Å². The Kier molecular flexibility index (Phi) is 7.44. The average molecular weight is 360 g/mol. The molecule has 1 rings (SSSR count). The van der Waals surface area contributed by atoms with Crippen LogP contribution < -0.4 is 15.4 Å². The van der Waals surface area contributed by atoms with Gasteiger partial charge in [0.15, 0.2) is 6.61 Å². The van der Waals surface area contributed by atoms with Gasteiger partial charge in [-0.1, -0.05) is 18.2 Å². The number of carbonyl (C=O) groups excluding carboxylic acids is 3. The summed E-state index contributed by atoms with van der Waals surface area (Å²) in [5, 5.41) is 3.03. The number of hydrogen-bond acceptors (Lipinski definition) is 5. The Morgan fingerprint density at radius 1 is 1.20 bits per heavy atom. The number of benzene rings is 1. The van der Waals surface area contributed by atoms with Gasteiger partial charge in [-0.25, -0.2) is 9.59 Å². The van der Waals surface area contributed by atoms with Crippen molar-refractivity contribution in [3.8, 4) is 5.75 Å². The van der Waals surface area contributed by atoms with Crippen LogP contribution in [0.5, 0.6) is 5.75 Å². The van der Waals surface area contributed by atoms with Gasteiger partial charge in [0, 0.05) is 11.6 Å². The molecule has 2 N–H and O–H groups in total. The molecule has 0 spiro atoms. The van der Waals surface area contributed by atoms with Gasteiger partial charge in [0.2, 0.25) is 0 Å². The van der Waals surface area contributed by atoms with E-state index in [1.807, 2.05) is 0 Å². The number of alkyl halides is 3. The smallest absolute Gasteiger partial charge is 0.405 e. The summed E-state index contributed by atoms with van der Waals surface area (Å²) in [6.45, 7) is -2.41. The largest absolute Gasteiger partial charge is 0.496 e. The normalized spacial score (nSPS) is 11.0. The highest BCUT2D eigenvalue weighted by molar-refractivity contribution is 5.96. The molecule has 0 aliphatic carbocycles. The molecule has 25 heavy (non-hydrogen) atoms. The van der Waals surface area contributed by atoms with Crippen LogP contribution >= 0.6 is 0 Å². The number of esters is 1. The summed E-state index contributed by atoms with van der Waals surface area (Å²) >= 11 is 0. The third kappa shape index (κ3) is 8.39. The summed E-state index contributed by atoms with van der Waals surface area (Å²) in [6, 6.07) is 5.48. The first kappa shape index (κ1) is 20.0. The van der Waals surface area contributed by atoms with E-state index in [0.29, 0.717) is 11.3 Å². The maximum absolute atomic E-state index is 11.9. The second-order valence-electron chi connectivity index (χ2n) is 4.53. The summed E-state index contributed by atoms with van der Waals surface area (Å²) in [5.74, 6) is -1.43. The summed E-state index contributed by atoms with van der Waals surface area (Å²) in [7, 11) is 1.46. The molecule has 0 heterocycles. The van der Waals surface area contributed by atoms with E-state index in [0.717, 1.165) is 6.08 Å². The van der Waals surface area contributed by atoms with Crippen LogP contribution in [0, 0.1) is 0 Å². The molecule has 0 bridgehead atoms. The van der Waals surface area contributed by atoms with Gasteiger partial charge < -0.3 is 14.8 Å². The topological polar surface area (TPSA) is 93.7 Å². The van der Waals surface area contributed by atoms with Crippen LogP contribution in [0.4, 0.5) is 18.0 Å². The molecule has 0 saturated heterocycles. The van der Waals surface area contributed by atoms with E-state index in [2.05, 4.69) is 4.74 Å². The molecular weight excluding hydrogens is 345 g/mol. The minimum Gasteiger partial charge on any atom is -0.496 e. The lowest BCUT2D eigenvalue weighted by Crippen LogP contribution is -2.44. The van der Waals surface area contributed by atoms with Crippen LogP contribution in [0.2, 0.25) is 0 Å². The number of methoxy groups -OCH3 is 1. The highest BCUT2D eigenvalue weighted by Gasteiger charge is 2.28. The van der Waals surface area contributed by atoms with Gasteiger partial charge >= 0.3 is 18.2 Å². The Balaban J connectivity index is 2.39. The van der Waals surface area contributed by atoms with E-state index in [-0.39, 0.29) is 0 Å². The van der Waals surface area contributed by atoms with E-state index in [1.165, 1.54) is 18.5 Å². The monoisotopic (exact) mass is 360 g/mol. The second-order valence-corrected chi connectivity index (χ2v) is 4.53. The molecule has 0 fully saturated rings. The highest BCUT2D eigenvalue weighted by atomic mass is 19.4. The standard InChI is InChI=1S/C15H15F3N2O5/c1-24-11-5-3-2-4-10(11)6-7-13(22)25-8-12(21)20-14(23)19-9-15(16,17)18/h2-7H,8-9H2,1H3,(H2,19,20,21,23)/b7-6+. The van der Waals surface area contributed by atoms with Crippen LogP contribution in [-0.4, -0.2) is 44.3 Å². The highest BCUT2D eigenvalue weighted by Crippen LogP contribution is 2.18. The predicted octanol–water partition coefficient (Wildman–Crippen LogP) is 1.64. The lowest BCUT2D eigenvalue weighted by molar-refractivity contribution is -0.143. The molecule has 0 aliphatic rings. The zero-order chi connectivity index (χ0) is 18.9. The third-order valence-electron chi connectivity index (χ3n) is 2.59. The van der Waals surface area contributed by atoms with Crippen molar-refractivity contribution < 1.29 is 37.0 Å². The fourth-order valence-electron chi connectivity index (χ4n) is 1.53. The summed E-state index contributed by atoms with van der Waals surface area (Å²) in [4.78, 5) is 33.8. The van der Waals surface area contributed by atoms with Crippen LogP contribution in [0.25, 0.3) is 6.08 Å². The predicted molar refractivity (Wildman–Crippen MR) is 80.6 cm³/mol. The second kappa shape index (κ2) is 9.30. The number of para-hydroxylation sites is 1. The molecule has 7 nitrogen and oxygen atoms in total. The number of halogens is 3. The number of urea groups is 1. The number of amides is 3. The van der Waals surface area contributed by atoms with Gasteiger partial charge in [-0.05, 0) is 12.1 Å². The molecule has 0 atom stereocenters. The Bertz CT molecular complexity index is 659. The zero-order valence-corrected chi connectivity index (χ0v) is 13.1. The van der Waals surface area contributed by atoms with Crippen molar-refractivity contribution in [1.29, 1.82) is 0 Å². The van der Waals surface area contributed by atoms with Crippen molar-refractivity contribution >= 4 is 24.0 Å². The maximum atomic E-state index is 11.9. The maximum Gasteiger partial charge on any atom is 0.405 e. The first-order valence-electron chi connectivity index (χ1n) is 6.83. The number of hydrogen-bond donors (Lipinski definition) is 2. The van der Waals surface area contributed by atoms with Crippen LogP contribution in [0.3, 0.4) is 0 Å². The first-order chi connectivity index (χ1) is 11.7. The lowest BCUT2D eigenvalue weighted by Gasteiger charge is -2.09. The van der Waals surface area contributed by atoms with Gasteiger partial charge in [-0.3, -0.25) is 10.1 Å². The van der Waals surface area contributed by atoms with Gasteiger partial charge in [0.25, 0.3) is 5.91 Å². The number of rotatable bonds is 6. The van der Waals surface area contributed by atoms with Crippen LogP contribution in [0.15, 0.2) is 30.3 Å². The Hall–Kier alpha value is -3.04. The van der Waals surface area contributed by atoms with Crippen molar-refractivity contribution in [2.75, 3.05) is 20.3 Å². The molecule has 0 saturated carbocycles. The minimum absolute atomic E-state index is 0.519. The SMILES string of the molecule is COc1ccccc1/C=C/C(=O)OCC(=O)NC(=O)NCC(F)(F)F. The van der Waals surface area contributed by atoms with E-state index in [9.17, 15) is 27.6 Å². The van der Waals surface area contributed by atoms with Crippen molar-refractivity contribution in [3.05, 3.63) is 35.9 Å². The Morgan fingerprint density at radius 3 is 2.52 bits per heavy atom.